The van der Waals surface area contributed by atoms with E-state index in [1.54, 1.807) is 0 Å². The molecule has 0 bridgehead atoms. The maximum Gasteiger partial charge on any atom is 0.165 e. The number of fused-ring (bicyclic) bond motifs is 1. The quantitative estimate of drug-likeness (QED) is 0.228. The smallest absolute Gasteiger partial charge is 0.165 e. The molecule has 0 aliphatic heterocycles. The van der Waals surface area contributed by atoms with Crippen LogP contribution in [0, 0.1) is 0 Å². The first-order valence-electron chi connectivity index (χ1n) is 11.4. The van der Waals surface area contributed by atoms with E-state index in [2.05, 4.69) is 66.8 Å². The summed E-state index contributed by atoms with van der Waals surface area (Å²) in [6.45, 7) is 2.78. The van der Waals surface area contributed by atoms with Crippen molar-refractivity contribution in [3.8, 4) is 0 Å². The molecule has 2 heteroatoms. The predicted molar refractivity (Wildman–Crippen MR) is 135 cm³/mol. The maximum absolute atomic E-state index is 13.5. The van der Waals surface area contributed by atoms with E-state index < -0.39 is 0 Å². The third kappa shape index (κ3) is 5.15. The van der Waals surface area contributed by atoms with Gasteiger partial charge in [-0.25, -0.2) is 0 Å². The molecule has 0 atom stereocenters. The van der Waals surface area contributed by atoms with Crippen molar-refractivity contribution in [3.63, 3.8) is 0 Å². The molecule has 4 rings (SSSR count). The molecule has 0 saturated heterocycles. The summed E-state index contributed by atoms with van der Waals surface area (Å²) in [5.41, 5.74) is 4.83. The Morgan fingerprint density at radius 3 is 2.09 bits per heavy atom. The minimum atomic E-state index is 0.182. The molecule has 0 heterocycles. The Morgan fingerprint density at radius 1 is 0.719 bits per heavy atom. The van der Waals surface area contributed by atoms with Crippen molar-refractivity contribution in [1.29, 1.82) is 0 Å². The normalized spacial score (nSPS) is 11.8. The summed E-state index contributed by atoms with van der Waals surface area (Å²) in [5.74, 6) is 0.182. The van der Waals surface area contributed by atoms with Gasteiger partial charge in [0.2, 0.25) is 0 Å². The molecule has 4 aromatic carbocycles. The van der Waals surface area contributed by atoms with Crippen LogP contribution in [0.4, 0.5) is 0 Å². The number of unbranched alkanes of at least 4 members (excludes halogenated alkanes) is 1. The molecule has 0 aliphatic rings. The molecular weight excluding hydrogens is 390 g/mol. The van der Waals surface area contributed by atoms with Crippen LogP contribution in [-0.2, 0) is 11.3 Å². The number of nitrogens with one attached hydrogen (secondary N) is 1. The fraction of sp³-hybridized carbons (Fsp3) is 0.167. The first kappa shape index (κ1) is 21.6. The van der Waals surface area contributed by atoms with Gasteiger partial charge in [0, 0.05) is 18.5 Å². The van der Waals surface area contributed by atoms with Crippen molar-refractivity contribution in [2.24, 2.45) is 0 Å². The third-order valence-electron chi connectivity index (χ3n) is 5.70. The van der Waals surface area contributed by atoms with E-state index in [0.717, 1.165) is 40.6 Å². The molecule has 160 valence electrons. The highest BCUT2D eigenvalue weighted by atomic mass is 16.1. The van der Waals surface area contributed by atoms with Crippen LogP contribution in [0.25, 0.3) is 22.0 Å². The number of rotatable bonds is 9. The van der Waals surface area contributed by atoms with Gasteiger partial charge < -0.3 is 5.32 Å². The molecular formula is C30H29NO. The molecule has 0 fully saturated rings. The molecule has 0 aliphatic carbocycles. The monoisotopic (exact) mass is 419 g/mol. The highest BCUT2D eigenvalue weighted by Crippen LogP contribution is 2.29. The van der Waals surface area contributed by atoms with Crippen LogP contribution in [0.15, 0.2) is 103 Å². The molecule has 2 nitrogen and oxygen atoms in total. The van der Waals surface area contributed by atoms with Crippen molar-refractivity contribution < 1.29 is 4.79 Å². The molecule has 0 spiro atoms. The average Bonchev–Trinajstić information content (AvgIpc) is 2.86. The van der Waals surface area contributed by atoms with Crippen LogP contribution in [0.1, 0.15) is 42.9 Å². The standard InChI is InChI=1S/C30H29NO/c1-2-3-18-28(32)29(25-15-8-5-9-16-25)30(31-22-23-12-6-4-7-13-23)27-20-19-24-14-10-11-17-26(24)21-27/h4-17,19-21,31H,2-3,18,22H2,1H3/b30-29+. The Labute approximate surface area is 190 Å². The zero-order valence-electron chi connectivity index (χ0n) is 18.6. The second kappa shape index (κ2) is 10.6. The topological polar surface area (TPSA) is 29.1 Å². The van der Waals surface area contributed by atoms with Crippen LogP contribution >= 0.6 is 0 Å². The van der Waals surface area contributed by atoms with Crippen molar-refractivity contribution in [2.45, 2.75) is 32.7 Å². The summed E-state index contributed by atoms with van der Waals surface area (Å²) < 4.78 is 0. The molecule has 32 heavy (non-hydrogen) atoms. The summed E-state index contributed by atoms with van der Waals surface area (Å²) in [6.07, 6.45) is 2.43. The average molecular weight is 420 g/mol. The summed E-state index contributed by atoms with van der Waals surface area (Å²) >= 11 is 0. The fourth-order valence-corrected chi connectivity index (χ4v) is 3.98. The number of benzene rings is 4. The van der Waals surface area contributed by atoms with Gasteiger partial charge in [-0.2, -0.15) is 0 Å². The zero-order chi connectivity index (χ0) is 22.2. The summed E-state index contributed by atoms with van der Waals surface area (Å²) in [4.78, 5) is 13.5. The maximum atomic E-state index is 13.5. The SMILES string of the molecule is CCCCC(=O)/C(=C(/NCc1ccccc1)c1ccc2ccccc2c1)c1ccccc1. The van der Waals surface area contributed by atoms with Gasteiger partial charge in [-0.15, -0.1) is 0 Å². The molecule has 0 unspecified atom stereocenters. The molecule has 0 saturated carbocycles. The van der Waals surface area contributed by atoms with Gasteiger partial charge in [-0.05, 0) is 39.9 Å². The number of hydrogen-bond donors (Lipinski definition) is 1. The lowest BCUT2D eigenvalue weighted by Gasteiger charge is -2.19. The lowest BCUT2D eigenvalue weighted by atomic mass is 9.92. The van der Waals surface area contributed by atoms with Crippen molar-refractivity contribution in [2.75, 3.05) is 0 Å². The Hall–Kier alpha value is -3.65. The Kier molecular flexibility index (Phi) is 7.14. The summed E-state index contributed by atoms with van der Waals surface area (Å²) in [6, 6.07) is 35.1. The number of hydrogen-bond acceptors (Lipinski definition) is 2. The largest absolute Gasteiger partial charge is 0.380 e. The Balaban J connectivity index is 1.86. The Bertz CT molecular complexity index is 1210. The van der Waals surface area contributed by atoms with Crippen molar-refractivity contribution >= 4 is 27.8 Å². The minimum Gasteiger partial charge on any atom is -0.380 e. The third-order valence-corrected chi connectivity index (χ3v) is 5.70. The molecule has 1 N–H and O–H groups in total. The van der Waals surface area contributed by atoms with E-state index in [9.17, 15) is 4.79 Å². The van der Waals surface area contributed by atoms with Crippen molar-refractivity contribution in [3.05, 3.63) is 120 Å². The van der Waals surface area contributed by atoms with Crippen LogP contribution in [0.2, 0.25) is 0 Å². The number of carbonyl (C=O) groups excluding carboxylic acids is 1. The highest BCUT2D eigenvalue weighted by molar-refractivity contribution is 6.27. The van der Waals surface area contributed by atoms with Gasteiger partial charge >= 0.3 is 0 Å². The van der Waals surface area contributed by atoms with E-state index in [-0.39, 0.29) is 5.78 Å². The van der Waals surface area contributed by atoms with Gasteiger partial charge in [-0.3, -0.25) is 4.79 Å². The summed E-state index contributed by atoms with van der Waals surface area (Å²) in [5, 5.41) is 5.99. The second-order valence-electron chi connectivity index (χ2n) is 8.04. The summed E-state index contributed by atoms with van der Waals surface area (Å²) in [7, 11) is 0. The number of ketones is 1. The molecule has 0 radical (unpaired) electrons. The molecule has 4 aromatic rings. The predicted octanol–water partition coefficient (Wildman–Crippen LogP) is 7.26. The van der Waals surface area contributed by atoms with Crippen LogP contribution in [0.3, 0.4) is 0 Å². The lowest BCUT2D eigenvalue weighted by Crippen LogP contribution is -2.17. The first-order chi connectivity index (χ1) is 15.8. The zero-order valence-corrected chi connectivity index (χ0v) is 18.6. The van der Waals surface area contributed by atoms with E-state index in [1.807, 2.05) is 48.5 Å². The Morgan fingerprint density at radius 2 is 1.38 bits per heavy atom. The highest BCUT2D eigenvalue weighted by Gasteiger charge is 2.19. The number of Topliss-reactive ketones (excluding diaryl/α,β-unsaturated/α-hetero) is 1. The van der Waals surface area contributed by atoms with Gasteiger partial charge in [0.25, 0.3) is 0 Å². The van der Waals surface area contributed by atoms with Gasteiger partial charge in [-0.1, -0.05) is 110 Å². The molecule has 0 amide bonds. The fourth-order valence-electron chi connectivity index (χ4n) is 3.98. The number of allylic oxidation sites excluding steroid dienone is 1. The van der Waals surface area contributed by atoms with Gasteiger partial charge in [0.15, 0.2) is 5.78 Å². The molecule has 0 aromatic heterocycles. The van der Waals surface area contributed by atoms with Crippen LogP contribution in [-0.4, -0.2) is 5.78 Å². The minimum absolute atomic E-state index is 0.182. The first-order valence-corrected chi connectivity index (χ1v) is 11.4. The van der Waals surface area contributed by atoms with Gasteiger partial charge in [0.05, 0.1) is 5.70 Å². The van der Waals surface area contributed by atoms with E-state index in [1.165, 1.54) is 10.9 Å². The van der Waals surface area contributed by atoms with E-state index >= 15 is 0 Å². The number of carbonyl (C=O) groups is 1. The van der Waals surface area contributed by atoms with Crippen molar-refractivity contribution in [1.82, 2.24) is 5.32 Å². The lowest BCUT2D eigenvalue weighted by molar-refractivity contribution is -0.113. The van der Waals surface area contributed by atoms with E-state index in [4.69, 9.17) is 0 Å². The van der Waals surface area contributed by atoms with Crippen LogP contribution < -0.4 is 5.32 Å². The second-order valence-corrected chi connectivity index (χ2v) is 8.04. The van der Waals surface area contributed by atoms with E-state index in [0.29, 0.717) is 13.0 Å². The van der Waals surface area contributed by atoms with Crippen LogP contribution in [0.5, 0.6) is 0 Å². The van der Waals surface area contributed by atoms with Gasteiger partial charge in [0.1, 0.15) is 0 Å².